The van der Waals surface area contributed by atoms with Gasteiger partial charge in [-0.25, -0.2) is 8.42 Å². The number of carbonyl (C=O) groups excluding carboxylic acids is 2. The second-order valence-corrected chi connectivity index (χ2v) is 13.6. The fraction of sp³-hybridized carbons (Fsp3) is 0.355. The van der Waals surface area contributed by atoms with Crippen molar-refractivity contribution in [1.82, 2.24) is 10.2 Å². The molecule has 0 aromatic heterocycles. The number of amides is 2. The summed E-state index contributed by atoms with van der Waals surface area (Å²) < 4.78 is 32.4. The maximum absolute atomic E-state index is 14.2. The molecule has 0 heterocycles. The van der Waals surface area contributed by atoms with E-state index in [2.05, 4.69) is 5.32 Å². The van der Waals surface area contributed by atoms with Crippen LogP contribution in [0.5, 0.6) is 5.75 Å². The van der Waals surface area contributed by atoms with Crippen molar-refractivity contribution in [2.45, 2.75) is 52.2 Å². The van der Waals surface area contributed by atoms with E-state index in [-0.39, 0.29) is 24.6 Å². The van der Waals surface area contributed by atoms with Gasteiger partial charge in [-0.3, -0.25) is 13.9 Å². The van der Waals surface area contributed by atoms with Gasteiger partial charge in [0.2, 0.25) is 21.8 Å². The zero-order chi connectivity index (χ0) is 31.1. The van der Waals surface area contributed by atoms with Gasteiger partial charge in [0, 0.05) is 28.5 Å². The van der Waals surface area contributed by atoms with Crippen LogP contribution in [0.15, 0.2) is 72.8 Å². The van der Waals surface area contributed by atoms with Crippen LogP contribution in [-0.2, 0) is 32.6 Å². The minimum Gasteiger partial charge on any atom is -0.494 e. The zero-order valence-electron chi connectivity index (χ0n) is 24.4. The van der Waals surface area contributed by atoms with E-state index in [1.54, 1.807) is 42.5 Å². The van der Waals surface area contributed by atoms with Crippen molar-refractivity contribution in [2.24, 2.45) is 0 Å². The zero-order valence-corrected chi connectivity index (χ0v) is 26.8. The van der Waals surface area contributed by atoms with Crippen LogP contribution in [0.3, 0.4) is 0 Å². The average Bonchev–Trinajstić information content (AvgIpc) is 2.90. The standard InChI is InChI=1S/C31H37Cl2N3O5S/c1-6-41-26-16-14-25(15-17-26)36(42(5,39)40)21-29(37)35(20-23-12-13-24(32)19-27(23)33)28(30(38)34-31(2,3)4)18-22-10-8-7-9-11-22/h7-17,19,28H,6,18,20-21H2,1-5H3,(H,34,38)/t28-/m0/s1. The SMILES string of the molecule is CCOc1ccc(N(CC(=O)N(Cc2ccc(Cl)cc2Cl)[C@@H](Cc2ccccc2)C(=O)NC(C)(C)C)S(C)(=O)=O)cc1. The normalized spacial score (nSPS) is 12.4. The van der Waals surface area contributed by atoms with Crippen LogP contribution in [0.25, 0.3) is 0 Å². The summed E-state index contributed by atoms with van der Waals surface area (Å²) in [6, 6.07) is 19.7. The third-order valence-corrected chi connectivity index (χ3v) is 7.97. The lowest BCUT2D eigenvalue weighted by atomic mass is 10.0. The van der Waals surface area contributed by atoms with E-state index in [4.69, 9.17) is 27.9 Å². The highest BCUT2D eigenvalue weighted by Crippen LogP contribution is 2.26. The number of halogens is 2. The van der Waals surface area contributed by atoms with Crippen LogP contribution >= 0.6 is 23.2 Å². The molecule has 1 atom stereocenters. The smallest absolute Gasteiger partial charge is 0.244 e. The molecule has 3 aromatic carbocycles. The monoisotopic (exact) mass is 633 g/mol. The molecule has 8 nitrogen and oxygen atoms in total. The number of sulfonamides is 1. The second kappa shape index (κ2) is 14.3. The predicted octanol–water partition coefficient (Wildman–Crippen LogP) is 5.71. The molecule has 0 aliphatic carbocycles. The third-order valence-electron chi connectivity index (χ3n) is 6.24. The molecule has 0 fully saturated rings. The van der Waals surface area contributed by atoms with E-state index < -0.39 is 34.1 Å². The van der Waals surface area contributed by atoms with Crippen molar-refractivity contribution in [2.75, 3.05) is 23.7 Å². The number of hydrogen-bond donors (Lipinski definition) is 1. The molecule has 0 radical (unpaired) electrons. The van der Waals surface area contributed by atoms with Crippen molar-refractivity contribution in [3.8, 4) is 5.75 Å². The van der Waals surface area contributed by atoms with Crippen LogP contribution in [0.4, 0.5) is 5.69 Å². The summed E-state index contributed by atoms with van der Waals surface area (Å²) in [6.45, 7) is 7.27. The van der Waals surface area contributed by atoms with E-state index in [0.717, 1.165) is 16.1 Å². The molecule has 0 aliphatic rings. The Morgan fingerprint density at radius 2 is 1.62 bits per heavy atom. The van der Waals surface area contributed by atoms with Crippen molar-refractivity contribution >= 4 is 50.7 Å². The highest BCUT2D eigenvalue weighted by molar-refractivity contribution is 7.92. The van der Waals surface area contributed by atoms with Gasteiger partial charge in [-0.1, -0.05) is 59.6 Å². The van der Waals surface area contributed by atoms with Crippen molar-refractivity contribution in [1.29, 1.82) is 0 Å². The summed E-state index contributed by atoms with van der Waals surface area (Å²) in [5.74, 6) is -0.385. The molecular formula is C31H37Cl2N3O5S. The Morgan fingerprint density at radius 1 is 0.976 bits per heavy atom. The molecule has 0 saturated carbocycles. The molecule has 0 saturated heterocycles. The molecule has 11 heteroatoms. The molecule has 3 aromatic rings. The molecule has 42 heavy (non-hydrogen) atoms. The summed E-state index contributed by atoms with van der Waals surface area (Å²) in [5, 5.41) is 3.73. The minimum absolute atomic E-state index is 0.0508. The highest BCUT2D eigenvalue weighted by atomic mass is 35.5. The molecule has 0 spiro atoms. The van der Waals surface area contributed by atoms with Crippen LogP contribution < -0.4 is 14.4 Å². The van der Waals surface area contributed by atoms with Crippen LogP contribution in [-0.4, -0.2) is 56.1 Å². The molecule has 2 amide bonds. The minimum atomic E-state index is -3.89. The first-order chi connectivity index (χ1) is 19.7. The quantitative estimate of drug-likeness (QED) is 0.275. The van der Waals surface area contributed by atoms with Gasteiger partial charge in [0.15, 0.2) is 0 Å². The molecule has 0 unspecified atom stereocenters. The first-order valence-electron chi connectivity index (χ1n) is 13.5. The van der Waals surface area contributed by atoms with Crippen LogP contribution in [0, 0.1) is 0 Å². The Bertz CT molecular complexity index is 1480. The van der Waals surface area contributed by atoms with E-state index >= 15 is 0 Å². The van der Waals surface area contributed by atoms with Crippen molar-refractivity contribution in [3.63, 3.8) is 0 Å². The van der Waals surface area contributed by atoms with E-state index in [1.807, 2.05) is 58.0 Å². The second-order valence-electron chi connectivity index (χ2n) is 10.9. The molecule has 226 valence electrons. The molecule has 3 rings (SSSR count). The maximum atomic E-state index is 14.2. The largest absolute Gasteiger partial charge is 0.494 e. The van der Waals surface area contributed by atoms with E-state index in [0.29, 0.717) is 28.0 Å². The Hall–Kier alpha value is -3.27. The number of nitrogens with one attached hydrogen (secondary N) is 1. The fourth-order valence-electron chi connectivity index (χ4n) is 4.33. The van der Waals surface area contributed by atoms with E-state index in [9.17, 15) is 18.0 Å². The molecular weight excluding hydrogens is 597 g/mol. The Labute approximate surface area is 258 Å². The van der Waals surface area contributed by atoms with Gasteiger partial charge >= 0.3 is 0 Å². The Kier molecular flexibility index (Phi) is 11.3. The van der Waals surface area contributed by atoms with Gasteiger partial charge in [-0.15, -0.1) is 0 Å². The number of hydrogen-bond acceptors (Lipinski definition) is 5. The summed E-state index contributed by atoms with van der Waals surface area (Å²) >= 11 is 12.6. The van der Waals surface area contributed by atoms with Gasteiger partial charge in [-0.05, 0) is 75.2 Å². The summed E-state index contributed by atoms with van der Waals surface area (Å²) in [5.41, 5.74) is 1.10. The number of anilines is 1. The third kappa shape index (κ3) is 9.64. The van der Waals surface area contributed by atoms with Gasteiger partial charge in [0.25, 0.3) is 0 Å². The van der Waals surface area contributed by atoms with Gasteiger partial charge in [0.05, 0.1) is 18.6 Å². The summed E-state index contributed by atoms with van der Waals surface area (Å²) in [6.07, 6.45) is 1.23. The van der Waals surface area contributed by atoms with Crippen molar-refractivity contribution < 1.29 is 22.7 Å². The first kappa shape index (κ1) is 33.2. The van der Waals surface area contributed by atoms with Crippen LogP contribution in [0.1, 0.15) is 38.8 Å². The Balaban J connectivity index is 2.08. The van der Waals surface area contributed by atoms with Crippen molar-refractivity contribution in [3.05, 3.63) is 94.0 Å². The molecule has 0 aliphatic heterocycles. The fourth-order valence-corrected chi connectivity index (χ4v) is 5.65. The molecule has 1 N–H and O–H groups in total. The predicted molar refractivity (Wildman–Crippen MR) is 169 cm³/mol. The average molecular weight is 635 g/mol. The Morgan fingerprint density at radius 3 is 2.17 bits per heavy atom. The number of benzene rings is 3. The van der Waals surface area contributed by atoms with Gasteiger partial charge in [-0.2, -0.15) is 0 Å². The lowest BCUT2D eigenvalue weighted by Gasteiger charge is -2.35. The number of nitrogens with zero attached hydrogens (tertiary/aromatic N) is 2. The topological polar surface area (TPSA) is 96.0 Å². The van der Waals surface area contributed by atoms with Crippen LogP contribution in [0.2, 0.25) is 10.0 Å². The van der Waals surface area contributed by atoms with Gasteiger partial charge < -0.3 is 15.0 Å². The lowest BCUT2D eigenvalue weighted by Crippen LogP contribution is -2.56. The first-order valence-corrected chi connectivity index (χ1v) is 16.1. The lowest BCUT2D eigenvalue weighted by molar-refractivity contribution is -0.140. The summed E-state index contributed by atoms with van der Waals surface area (Å²) in [4.78, 5) is 29.3. The number of rotatable bonds is 12. The van der Waals surface area contributed by atoms with E-state index in [1.165, 1.54) is 4.90 Å². The summed E-state index contributed by atoms with van der Waals surface area (Å²) in [7, 11) is -3.89. The molecule has 0 bridgehead atoms. The number of ether oxygens (including phenoxy) is 1. The van der Waals surface area contributed by atoms with Gasteiger partial charge in [0.1, 0.15) is 18.3 Å². The number of carbonyl (C=O) groups is 2. The maximum Gasteiger partial charge on any atom is 0.244 e. The highest BCUT2D eigenvalue weighted by Gasteiger charge is 2.34.